The van der Waals surface area contributed by atoms with Gasteiger partial charge in [0.15, 0.2) is 6.10 Å². The highest BCUT2D eigenvalue weighted by molar-refractivity contribution is 5.98. The first-order chi connectivity index (χ1) is 15.9. The van der Waals surface area contributed by atoms with Crippen LogP contribution in [0.1, 0.15) is 30.9 Å². The van der Waals surface area contributed by atoms with Crippen molar-refractivity contribution < 1.29 is 19.4 Å². The molecule has 1 unspecified atom stereocenters. The Morgan fingerprint density at radius 1 is 1.12 bits per heavy atom. The maximum absolute atomic E-state index is 12.9. The summed E-state index contributed by atoms with van der Waals surface area (Å²) < 4.78 is 5.93. The van der Waals surface area contributed by atoms with Crippen molar-refractivity contribution >= 4 is 23.5 Å². The van der Waals surface area contributed by atoms with Gasteiger partial charge in [-0.2, -0.15) is 0 Å². The van der Waals surface area contributed by atoms with Crippen molar-refractivity contribution in [3.05, 3.63) is 42.2 Å². The minimum absolute atomic E-state index is 0.0209. The first-order valence-electron chi connectivity index (χ1n) is 11.4. The molecule has 0 spiro atoms. The van der Waals surface area contributed by atoms with E-state index in [0.29, 0.717) is 49.4 Å². The number of ether oxygens (including phenoxy) is 1. The molecule has 174 valence electrons. The fraction of sp³-hybridized carbons (Fsp3) is 0.500. The molecule has 1 aromatic heterocycles. The van der Waals surface area contributed by atoms with E-state index < -0.39 is 12.2 Å². The average molecular weight is 452 g/mol. The summed E-state index contributed by atoms with van der Waals surface area (Å²) in [7, 11) is 3.52. The standard InChI is InChI=1S/C24H29N5O4/c1-27(2)22(31)17-13-28(14-17)24-25-11-18(12-26-24)29-10-9-20(23(29)32)33-19-7-5-16(6-8-19)21(30)15-3-4-15/h5-8,11-12,15,17,20-21,30H,3-4,9-10,13-14H2,1-2H3/t20-,21?/m1/s1. The first kappa shape index (κ1) is 21.6. The molecule has 1 N–H and O–H groups in total. The fourth-order valence-electron chi connectivity index (χ4n) is 4.39. The third kappa shape index (κ3) is 4.37. The summed E-state index contributed by atoms with van der Waals surface area (Å²) in [6.45, 7) is 1.74. The third-order valence-corrected chi connectivity index (χ3v) is 6.62. The molecule has 2 atom stereocenters. The van der Waals surface area contributed by atoms with Gasteiger partial charge in [0.2, 0.25) is 11.9 Å². The topological polar surface area (TPSA) is 99.1 Å². The Labute approximate surface area is 193 Å². The minimum atomic E-state index is -0.558. The van der Waals surface area contributed by atoms with Crippen molar-refractivity contribution in [2.24, 2.45) is 11.8 Å². The highest BCUT2D eigenvalue weighted by atomic mass is 16.5. The van der Waals surface area contributed by atoms with E-state index in [9.17, 15) is 14.7 Å². The summed E-state index contributed by atoms with van der Waals surface area (Å²) in [5.74, 6) is 1.53. The van der Waals surface area contributed by atoms with E-state index in [0.717, 1.165) is 18.4 Å². The molecule has 9 nitrogen and oxygen atoms in total. The van der Waals surface area contributed by atoms with Crippen LogP contribution in [0.5, 0.6) is 5.75 Å². The van der Waals surface area contributed by atoms with Gasteiger partial charge in [-0.1, -0.05) is 12.1 Å². The molecule has 2 aromatic rings. The second-order valence-corrected chi connectivity index (χ2v) is 9.31. The Bertz CT molecular complexity index is 1020. The van der Waals surface area contributed by atoms with Crippen LogP contribution in [0.25, 0.3) is 0 Å². The SMILES string of the molecule is CN(C)C(=O)C1CN(c2ncc(N3CC[C@@H](Oc4ccc(C(O)C5CC5)cc4)C3=O)cn2)C1. The van der Waals surface area contributed by atoms with Crippen LogP contribution in [0.3, 0.4) is 0 Å². The maximum Gasteiger partial charge on any atom is 0.268 e. The number of nitrogens with zero attached hydrogens (tertiary/aromatic N) is 5. The van der Waals surface area contributed by atoms with Gasteiger partial charge in [0.05, 0.1) is 30.1 Å². The zero-order valence-electron chi connectivity index (χ0n) is 18.9. The van der Waals surface area contributed by atoms with Crippen molar-refractivity contribution in [2.75, 3.05) is 43.5 Å². The van der Waals surface area contributed by atoms with Gasteiger partial charge < -0.3 is 24.5 Å². The first-order valence-corrected chi connectivity index (χ1v) is 11.4. The van der Waals surface area contributed by atoms with Crippen LogP contribution in [-0.2, 0) is 9.59 Å². The molecule has 33 heavy (non-hydrogen) atoms. The lowest BCUT2D eigenvalue weighted by Crippen LogP contribution is -2.54. The number of hydrogen-bond acceptors (Lipinski definition) is 7. The Balaban J connectivity index is 1.16. The van der Waals surface area contributed by atoms with Gasteiger partial charge in [-0.25, -0.2) is 9.97 Å². The van der Waals surface area contributed by atoms with Crippen molar-refractivity contribution in [3.63, 3.8) is 0 Å². The lowest BCUT2D eigenvalue weighted by molar-refractivity contribution is -0.133. The molecule has 3 fully saturated rings. The van der Waals surface area contributed by atoms with Crippen molar-refractivity contribution in [3.8, 4) is 5.75 Å². The van der Waals surface area contributed by atoms with Gasteiger partial charge in [-0.15, -0.1) is 0 Å². The predicted molar refractivity (Wildman–Crippen MR) is 122 cm³/mol. The molecule has 2 saturated heterocycles. The van der Waals surface area contributed by atoms with Gasteiger partial charge in [0.25, 0.3) is 5.91 Å². The highest BCUT2D eigenvalue weighted by Gasteiger charge is 2.37. The smallest absolute Gasteiger partial charge is 0.268 e. The Kier molecular flexibility index (Phi) is 5.65. The summed E-state index contributed by atoms with van der Waals surface area (Å²) in [4.78, 5) is 38.9. The van der Waals surface area contributed by atoms with Gasteiger partial charge in [-0.3, -0.25) is 9.59 Å². The number of aliphatic hydroxyl groups excluding tert-OH is 1. The van der Waals surface area contributed by atoms with Crippen molar-refractivity contribution in [1.82, 2.24) is 14.9 Å². The molecule has 2 amide bonds. The van der Waals surface area contributed by atoms with Gasteiger partial charge >= 0.3 is 0 Å². The van der Waals surface area contributed by atoms with E-state index in [-0.39, 0.29) is 17.7 Å². The number of amides is 2. The molecule has 3 aliphatic rings. The molecule has 0 bridgehead atoms. The summed E-state index contributed by atoms with van der Waals surface area (Å²) in [6.07, 6.45) is 5.05. The van der Waals surface area contributed by atoms with Gasteiger partial charge in [0.1, 0.15) is 5.75 Å². The number of hydrogen-bond donors (Lipinski definition) is 1. The molecule has 5 rings (SSSR count). The lowest BCUT2D eigenvalue weighted by atomic mass is 9.99. The van der Waals surface area contributed by atoms with Crippen LogP contribution >= 0.6 is 0 Å². The fourth-order valence-corrected chi connectivity index (χ4v) is 4.39. The molecule has 0 radical (unpaired) electrons. The molecular weight excluding hydrogens is 422 g/mol. The van der Waals surface area contributed by atoms with Crippen LogP contribution < -0.4 is 14.5 Å². The molecular formula is C24H29N5O4. The Morgan fingerprint density at radius 2 is 1.79 bits per heavy atom. The number of carbonyl (C=O) groups is 2. The van der Waals surface area contributed by atoms with E-state index >= 15 is 0 Å². The molecule has 1 aromatic carbocycles. The second-order valence-electron chi connectivity index (χ2n) is 9.31. The number of benzene rings is 1. The molecule has 1 aliphatic carbocycles. The van der Waals surface area contributed by atoms with Crippen LogP contribution in [0, 0.1) is 11.8 Å². The van der Waals surface area contributed by atoms with Crippen LogP contribution in [-0.4, -0.2) is 71.6 Å². The molecule has 2 aliphatic heterocycles. The van der Waals surface area contributed by atoms with E-state index in [1.165, 1.54) is 0 Å². The zero-order valence-corrected chi connectivity index (χ0v) is 18.9. The normalized spacial score (nSPS) is 21.7. The highest BCUT2D eigenvalue weighted by Crippen LogP contribution is 2.41. The minimum Gasteiger partial charge on any atom is -0.481 e. The number of aliphatic hydroxyl groups is 1. The summed E-state index contributed by atoms with van der Waals surface area (Å²) >= 11 is 0. The maximum atomic E-state index is 12.9. The predicted octanol–water partition coefficient (Wildman–Crippen LogP) is 1.63. The van der Waals surface area contributed by atoms with E-state index in [1.54, 1.807) is 36.3 Å². The van der Waals surface area contributed by atoms with E-state index in [2.05, 4.69) is 9.97 Å². The summed E-state index contributed by atoms with van der Waals surface area (Å²) in [5, 5.41) is 10.2. The Hall–Kier alpha value is -3.20. The zero-order chi connectivity index (χ0) is 23.1. The van der Waals surface area contributed by atoms with E-state index in [4.69, 9.17) is 4.74 Å². The number of aromatic nitrogens is 2. The van der Waals surface area contributed by atoms with Gasteiger partial charge in [0, 0.05) is 40.2 Å². The largest absolute Gasteiger partial charge is 0.481 e. The molecule has 9 heteroatoms. The van der Waals surface area contributed by atoms with E-state index in [1.807, 2.05) is 29.2 Å². The number of anilines is 2. The number of rotatable bonds is 7. The van der Waals surface area contributed by atoms with Crippen molar-refractivity contribution in [2.45, 2.75) is 31.5 Å². The van der Waals surface area contributed by atoms with Crippen LogP contribution in [0.4, 0.5) is 11.6 Å². The monoisotopic (exact) mass is 451 g/mol. The molecule has 3 heterocycles. The summed E-state index contributed by atoms with van der Waals surface area (Å²) in [5.41, 5.74) is 1.53. The second kappa shape index (κ2) is 8.62. The third-order valence-electron chi connectivity index (χ3n) is 6.62. The summed E-state index contributed by atoms with van der Waals surface area (Å²) in [6, 6.07) is 7.37. The molecule has 1 saturated carbocycles. The van der Waals surface area contributed by atoms with Crippen molar-refractivity contribution in [1.29, 1.82) is 0 Å². The quantitative estimate of drug-likeness (QED) is 0.683. The lowest BCUT2D eigenvalue weighted by Gasteiger charge is -2.39. The average Bonchev–Trinajstić information content (AvgIpc) is 3.58. The Morgan fingerprint density at radius 3 is 2.39 bits per heavy atom. The van der Waals surface area contributed by atoms with Crippen LogP contribution in [0.2, 0.25) is 0 Å². The number of carbonyl (C=O) groups excluding carboxylic acids is 2. The van der Waals surface area contributed by atoms with Crippen LogP contribution in [0.15, 0.2) is 36.7 Å². The van der Waals surface area contributed by atoms with Gasteiger partial charge in [-0.05, 0) is 36.5 Å².